The Bertz CT molecular complexity index is 4770. The van der Waals surface area contributed by atoms with Gasteiger partial charge in [-0.05, 0) is 139 Å². The second-order valence-corrected chi connectivity index (χ2v) is 23.4. The van der Waals surface area contributed by atoms with E-state index in [4.69, 9.17) is 9.72 Å². The summed E-state index contributed by atoms with van der Waals surface area (Å²) in [6.07, 6.45) is 5.98. The SMILES string of the molecule is CC(C)(C)c1ccc(-c2ccc3c(c2)-c2cccc(-n4c5ccccc5c5ccccc54)c2-[n+]2[c-]n(-c4cccc(Oc5ccc6c7ccccc7n(-c7cc(C(C)(C)C)ccn7)c6c5)c4)c4cccc(c42)-c2ccccc2-3)cc1. The van der Waals surface area contributed by atoms with Crippen molar-refractivity contribution in [1.82, 2.24) is 18.7 Å². The van der Waals surface area contributed by atoms with Crippen LogP contribution in [0.5, 0.6) is 11.5 Å². The van der Waals surface area contributed by atoms with Crippen LogP contribution in [0.1, 0.15) is 52.7 Å². The summed E-state index contributed by atoms with van der Waals surface area (Å²) in [6.45, 7) is 13.5. The predicted molar refractivity (Wildman–Crippen MR) is 329 cm³/mol. The number of benzene rings is 10. The molecule has 15 rings (SSSR count). The van der Waals surface area contributed by atoms with Gasteiger partial charge in [0.2, 0.25) is 0 Å². The fourth-order valence-corrected chi connectivity index (χ4v) is 12.5. The van der Waals surface area contributed by atoms with Crippen LogP contribution in [0.15, 0.2) is 237 Å². The number of para-hydroxylation sites is 5. The molecule has 0 saturated heterocycles. The maximum atomic E-state index is 6.94. The molecule has 0 atom stereocenters. The second kappa shape index (κ2) is 17.9. The summed E-state index contributed by atoms with van der Waals surface area (Å²) in [5.41, 5.74) is 21.2. The Morgan fingerprint density at radius 2 is 0.963 bits per heavy atom. The highest BCUT2D eigenvalue weighted by Crippen LogP contribution is 2.47. The first-order valence-electron chi connectivity index (χ1n) is 27.7. The average molecular weight is 1030 g/mol. The summed E-state index contributed by atoms with van der Waals surface area (Å²) < 4.78 is 16.2. The van der Waals surface area contributed by atoms with E-state index in [0.29, 0.717) is 5.75 Å². The standard InChI is InChI=1S/C74H57N5O/c1-73(2,3)49-35-32-47(33-36-49)48-34-38-56-54-20-7-8-21-55(54)61-25-16-30-67-71(61)77(72-62(63(56)42-48)26-17-31-68(72)78-64-27-12-9-22-57(64)58-23-10-13-28-65(58)78)46-76(67)51-18-15-19-52(44-51)80-53-37-39-60-59-24-11-14-29-66(59)79(69(60)45-53)70-43-50(40-41-75-70)74(4,5)6/h7-45H,1-6H3. The third kappa shape index (κ3) is 7.54. The molecular formula is C74H57N5O. The number of rotatable bonds is 6. The van der Waals surface area contributed by atoms with Crippen LogP contribution in [-0.2, 0) is 10.8 Å². The normalized spacial score (nSPS) is 12.4. The van der Waals surface area contributed by atoms with Gasteiger partial charge in [0.1, 0.15) is 17.3 Å². The first-order valence-corrected chi connectivity index (χ1v) is 27.7. The van der Waals surface area contributed by atoms with Crippen LogP contribution in [0.25, 0.3) is 122 Å². The number of hydrogen-bond donors (Lipinski definition) is 0. The van der Waals surface area contributed by atoms with Gasteiger partial charge >= 0.3 is 0 Å². The van der Waals surface area contributed by atoms with Gasteiger partial charge in [0.25, 0.3) is 6.33 Å². The largest absolute Gasteiger partial charge is 0.458 e. The fraction of sp³-hybridized carbons (Fsp3) is 0.108. The maximum Gasteiger partial charge on any atom is 0.269 e. The zero-order valence-electron chi connectivity index (χ0n) is 45.7. The topological polar surface area (TPSA) is 40.8 Å². The summed E-state index contributed by atoms with van der Waals surface area (Å²) in [7, 11) is 0. The Balaban J connectivity index is 0.948. The van der Waals surface area contributed by atoms with Gasteiger partial charge in [0.05, 0.1) is 50.2 Å². The molecule has 80 heavy (non-hydrogen) atoms. The van der Waals surface area contributed by atoms with Crippen LogP contribution in [0.4, 0.5) is 0 Å². The average Bonchev–Trinajstić information content (AvgIpc) is 4.29. The monoisotopic (exact) mass is 1030 g/mol. The van der Waals surface area contributed by atoms with Crippen molar-refractivity contribution >= 4 is 54.6 Å². The number of ether oxygens (including phenoxy) is 1. The zero-order valence-corrected chi connectivity index (χ0v) is 45.7. The first kappa shape index (κ1) is 47.4. The van der Waals surface area contributed by atoms with Crippen LogP contribution in [0.2, 0.25) is 0 Å². The zero-order chi connectivity index (χ0) is 54.0. The van der Waals surface area contributed by atoms with Gasteiger partial charge in [0.15, 0.2) is 0 Å². The van der Waals surface area contributed by atoms with Gasteiger partial charge in [-0.15, -0.1) is 0 Å². The number of aromatic nitrogens is 5. The summed E-state index contributed by atoms with van der Waals surface area (Å²) in [6, 6.07) is 83.9. The number of hydrogen-bond acceptors (Lipinski definition) is 2. The molecule has 0 fully saturated rings. The lowest BCUT2D eigenvalue weighted by Gasteiger charge is -2.21. The van der Waals surface area contributed by atoms with E-state index in [0.717, 1.165) is 94.9 Å². The maximum absolute atomic E-state index is 6.94. The highest BCUT2D eigenvalue weighted by molar-refractivity contribution is 6.11. The van der Waals surface area contributed by atoms with E-state index in [9.17, 15) is 0 Å². The number of fused-ring (bicyclic) bond motifs is 13. The number of pyridine rings is 1. The minimum atomic E-state index is -0.0354. The van der Waals surface area contributed by atoms with Gasteiger partial charge < -0.3 is 9.30 Å². The van der Waals surface area contributed by atoms with E-state index >= 15 is 0 Å². The lowest BCUT2D eigenvalue weighted by atomic mass is 9.85. The van der Waals surface area contributed by atoms with E-state index in [1.54, 1.807) is 0 Å². The molecular weight excluding hydrogens is 975 g/mol. The first-order chi connectivity index (χ1) is 38.9. The molecule has 0 bridgehead atoms. The van der Waals surface area contributed by atoms with Gasteiger partial charge in [-0.2, -0.15) is 0 Å². The molecule has 14 aromatic rings. The number of imidazole rings is 1. The second-order valence-electron chi connectivity index (χ2n) is 23.4. The van der Waals surface area contributed by atoms with Crippen molar-refractivity contribution in [2.45, 2.75) is 52.4 Å². The van der Waals surface area contributed by atoms with Crippen molar-refractivity contribution in [3.8, 4) is 78.9 Å². The van der Waals surface area contributed by atoms with Gasteiger partial charge in [-0.3, -0.25) is 13.7 Å². The van der Waals surface area contributed by atoms with E-state index in [1.807, 2.05) is 12.3 Å². The molecule has 6 heteroatoms. The Kier molecular flexibility index (Phi) is 10.6. The van der Waals surface area contributed by atoms with Crippen molar-refractivity contribution in [3.05, 3.63) is 254 Å². The summed E-state index contributed by atoms with van der Waals surface area (Å²) in [5, 5.41) is 4.72. The molecule has 6 nitrogen and oxygen atoms in total. The highest BCUT2D eigenvalue weighted by atomic mass is 16.5. The molecule has 0 amide bonds. The fourth-order valence-electron chi connectivity index (χ4n) is 12.5. The van der Waals surface area contributed by atoms with Crippen LogP contribution in [0.3, 0.4) is 0 Å². The van der Waals surface area contributed by atoms with Crippen molar-refractivity contribution in [2.24, 2.45) is 0 Å². The molecule has 5 heterocycles. The van der Waals surface area contributed by atoms with Crippen LogP contribution in [-0.4, -0.2) is 18.7 Å². The summed E-state index contributed by atoms with van der Waals surface area (Å²) in [5.74, 6) is 2.33. The molecule has 1 aliphatic rings. The van der Waals surface area contributed by atoms with Crippen molar-refractivity contribution in [3.63, 3.8) is 0 Å². The quantitative estimate of drug-likeness (QED) is 0.123. The van der Waals surface area contributed by atoms with Crippen molar-refractivity contribution < 1.29 is 9.30 Å². The molecule has 0 spiro atoms. The van der Waals surface area contributed by atoms with Crippen molar-refractivity contribution in [1.29, 1.82) is 0 Å². The molecule has 0 aliphatic carbocycles. The molecule has 0 saturated carbocycles. The lowest BCUT2D eigenvalue weighted by Crippen LogP contribution is -2.32. The minimum absolute atomic E-state index is 0.0354. The van der Waals surface area contributed by atoms with Crippen LogP contribution in [0, 0.1) is 6.33 Å². The van der Waals surface area contributed by atoms with E-state index in [2.05, 4.69) is 291 Å². The molecule has 0 radical (unpaired) electrons. The third-order valence-corrected chi connectivity index (χ3v) is 16.4. The lowest BCUT2D eigenvalue weighted by molar-refractivity contribution is -0.571. The highest BCUT2D eigenvalue weighted by Gasteiger charge is 2.28. The summed E-state index contributed by atoms with van der Waals surface area (Å²) >= 11 is 0. The van der Waals surface area contributed by atoms with Crippen LogP contribution >= 0.6 is 0 Å². The minimum Gasteiger partial charge on any atom is -0.458 e. The van der Waals surface area contributed by atoms with E-state index < -0.39 is 0 Å². The molecule has 4 aromatic heterocycles. The Hall–Kier alpha value is -9.78. The van der Waals surface area contributed by atoms with E-state index in [-0.39, 0.29) is 10.8 Å². The molecule has 10 aromatic carbocycles. The van der Waals surface area contributed by atoms with Gasteiger partial charge in [-0.25, -0.2) is 4.98 Å². The third-order valence-electron chi connectivity index (χ3n) is 16.4. The van der Waals surface area contributed by atoms with Crippen LogP contribution < -0.4 is 9.30 Å². The Morgan fingerprint density at radius 1 is 0.400 bits per heavy atom. The molecule has 0 N–H and O–H groups in total. The Labute approximate surface area is 465 Å². The molecule has 384 valence electrons. The Morgan fingerprint density at radius 3 is 1.68 bits per heavy atom. The smallest absolute Gasteiger partial charge is 0.269 e. The van der Waals surface area contributed by atoms with Gasteiger partial charge in [-0.1, -0.05) is 193 Å². The van der Waals surface area contributed by atoms with Gasteiger partial charge in [0, 0.05) is 33.8 Å². The molecule has 1 aliphatic heterocycles. The summed E-state index contributed by atoms with van der Waals surface area (Å²) in [4.78, 5) is 4.94. The van der Waals surface area contributed by atoms with Crippen molar-refractivity contribution in [2.75, 3.05) is 0 Å². The number of nitrogens with zero attached hydrogens (tertiary/aromatic N) is 5. The predicted octanol–water partition coefficient (Wildman–Crippen LogP) is 18.7. The molecule has 0 unspecified atom stereocenters. The van der Waals surface area contributed by atoms with E-state index in [1.165, 1.54) is 44.0 Å².